The summed E-state index contributed by atoms with van der Waals surface area (Å²) < 4.78 is 11.4. The number of urea groups is 1. The first-order valence-corrected chi connectivity index (χ1v) is 7.07. The molecule has 0 aromatic heterocycles. The largest absolute Gasteiger partial charge is 0.497 e. The van der Waals surface area contributed by atoms with Crippen molar-refractivity contribution in [2.45, 2.75) is 44.0 Å². The van der Waals surface area contributed by atoms with Gasteiger partial charge in [0.15, 0.2) is 5.72 Å². The van der Waals surface area contributed by atoms with Crippen molar-refractivity contribution < 1.29 is 14.3 Å². The highest BCUT2D eigenvalue weighted by Gasteiger charge is 2.53. The SMILES string of the molecule is COc1ccc2c(c1)C1CC(C)(O2)N(C2CC2)C(=O)N1. The van der Waals surface area contributed by atoms with E-state index in [4.69, 9.17) is 9.47 Å². The van der Waals surface area contributed by atoms with Crippen LogP contribution in [0, 0.1) is 0 Å². The van der Waals surface area contributed by atoms with E-state index in [1.165, 1.54) is 0 Å². The van der Waals surface area contributed by atoms with Gasteiger partial charge in [-0.3, -0.25) is 4.90 Å². The van der Waals surface area contributed by atoms with E-state index in [9.17, 15) is 4.79 Å². The summed E-state index contributed by atoms with van der Waals surface area (Å²) in [5.74, 6) is 1.63. The number of ether oxygens (including phenoxy) is 2. The smallest absolute Gasteiger partial charge is 0.321 e. The molecule has 106 valence electrons. The van der Waals surface area contributed by atoms with Crippen LogP contribution in [0.1, 0.15) is 37.8 Å². The van der Waals surface area contributed by atoms with Crippen LogP contribution in [-0.2, 0) is 0 Å². The summed E-state index contributed by atoms with van der Waals surface area (Å²) in [4.78, 5) is 14.2. The number of nitrogens with one attached hydrogen (secondary N) is 1. The Morgan fingerprint density at radius 3 is 2.95 bits per heavy atom. The lowest BCUT2D eigenvalue weighted by molar-refractivity contribution is -0.0878. The van der Waals surface area contributed by atoms with Crippen molar-refractivity contribution in [2.75, 3.05) is 7.11 Å². The second kappa shape index (κ2) is 3.81. The minimum atomic E-state index is -0.532. The molecule has 2 bridgehead atoms. The van der Waals surface area contributed by atoms with Gasteiger partial charge < -0.3 is 14.8 Å². The predicted octanol–water partition coefficient (Wildman–Crippen LogP) is 2.42. The fourth-order valence-corrected chi connectivity index (χ4v) is 3.38. The third kappa shape index (κ3) is 1.58. The van der Waals surface area contributed by atoms with Gasteiger partial charge in [-0.15, -0.1) is 0 Å². The number of methoxy groups -OCH3 is 1. The monoisotopic (exact) mass is 274 g/mol. The molecule has 2 fully saturated rings. The first kappa shape index (κ1) is 11.9. The van der Waals surface area contributed by atoms with E-state index >= 15 is 0 Å². The Balaban J connectivity index is 1.77. The van der Waals surface area contributed by atoms with Crippen LogP contribution in [0.15, 0.2) is 18.2 Å². The third-order valence-electron chi connectivity index (χ3n) is 4.44. The molecule has 2 unspecified atom stereocenters. The zero-order valence-corrected chi connectivity index (χ0v) is 11.7. The lowest BCUT2D eigenvalue weighted by atomic mass is 9.90. The van der Waals surface area contributed by atoms with Crippen LogP contribution in [0.3, 0.4) is 0 Å². The number of nitrogens with zero attached hydrogens (tertiary/aromatic N) is 1. The topological polar surface area (TPSA) is 50.8 Å². The highest BCUT2D eigenvalue weighted by Crippen LogP contribution is 2.48. The molecule has 5 nitrogen and oxygen atoms in total. The lowest BCUT2D eigenvalue weighted by Crippen LogP contribution is -2.65. The summed E-state index contributed by atoms with van der Waals surface area (Å²) in [7, 11) is 1.64. The summed E-state index contributed by atoms with van der Waals surface area (Å²) in [5, 5.41) is 3.10. The van der Waals surface area contributed by atoms with Crippen LogP contribution in [0.2, 0.25) is 0 Å². The highest BCUT2D eigenvalue weighted by molar-refractivity contribution is 5.78. The van der Waals surface area contributed by atoms with Gasteiger partial charge in [-0.2, -0.15) is 0 Å². The molecule has 4 rings (SSSR count). The number of benzene rings is 1. The van der Waals surface area contributed by atoms with Gasteiger partial charge in [0, 0.05) is 18.0 Å². The zero-order chi connectivity index (χ0) is 13.9. The molecule has 1 aromatic rings. The summed E-state index contributed by atoms with van der Waals surface area (Å²) in [6.07, 6.45) is 2.93. The van der Waals surface area contributed by atoms with Crippen LogP contribution >= 0.6 is 0 Å². The van der Waals surface area contributed by atoms with Crippen molar-refractivity contribution >= 4 is 6.03 Å². The minimum absolute atomic E-state index is 0.00125. The molecule has 0 radical (unpaired) electrons. The molecule has 1 N–H and O–H groups in total. The predicted molar refractivity (Wildman–Crippen MR) is 72.8 cm³/mol. The number of hydrogen-bond donors (Lipinski definition) is 1. The molecule has 2 aliphatic heterocycles. The van der Waals surface area contributed by atoms with Crippen molar-refractivity contribution in [3.05, 3.63) is 23.8 Å². The number of fused-ring (bicyclic) bond motifs is 4. The molecule has 1 aromatic carbocycles. The van der Waals surface area contributed by atoms with Crippen LogP contribution in [0.5, 0.6) is 11.5 Å². The number of amides is 2. The van der Waals surface area contributed by atoms with E-state index in [0.717, 1.165) is 36.3 Å². The van der Waals surface area contributed by atoms with Crippen LogP contribution in [0.4, 0.5) is 4.79 Å². The summed E-state index contributed by atoms with van der Waals surface area (Å²) >= 11 is 0. The van der Waals surface area contributed by atoms with E-state index < -0.39 is 5.72 Å². The van der Waals surface area contributed by atoms with Crippen LogP contribution in [0.25, 0.3) is 0 Å². The number of rotatable bonds is 2. The zero-order valence-electron chi connectivity index (χ0n) is 11.7. The van der Waals surface area contributed by atoms with Gasteiger partial charge in [0.05, 0.1) is 13.2 Å². The van der Waals surface area contributed by atoms with Crippen LogP contribution < -0.4 is 14.8 Å². The quantitative estimate of drug-likeness (QED) is 0.901. The first-order chi connectivity index (χ1) is 9.60. The van der Waals surface area contributed by atoms with Crippen molar-refractivity contribution in [3.63, 3.8) is 0 Å². The van der Waals surface area contributed by atoms with Gasteiger partial charge in [-0.05, 0) is 38.0 Å². The van der Waals surface area contributed by atoms with Gasteiger partial charge in [0.1, 0.15) is 11.5 Å². The molecule has 0 spiro atoms. The Labute approximate surface area is 117 Å². The maximum Gasteiger partial charge on any atom is 0.321 e. The molecule has 2 atom stereocenters. The van der Waals surface area contributed by atoms with E-state index in [-0.39, 0.29) is 12.1 Å². The molecule has 1 saturated carbocycles. The standard InChI is InChI=1S/C15H18N2O3/c1-15-8-12(16-14(18)17(15)9-3-4-9)11-7-10(19-2)5-6-13(11)20-15/h5-7,9,12H,3-4,8H2,1-2H3,(H,16,18). The van der Waals surface area contributed by atoms with Crippen molar-refractivity contribution in [2.24, 2.45) is 0 Å². The second-order valence-electron chi connectivity index (χ2n) is 5.99. The minimum Gasteiger partial charge on any atom is -0.497 e. The maximum atomic E-state index is 12.4. The lowest BCUT2D eigenvalue weighted by Gasteiger charge is -2.51. The Bertz CT molecular complexity index is 584. The molecule has 20 heavy (non-hydrogen) atoms. The highest BCUT2D eigenvalue weighted by atomic mass is 16.5. The Hall–Kier alpha value is -1.91. The summed E-state index contributed by atoms with van der Waals surface area (Å²) in [5.41, 5.74) is 0.473. The van der Waals surface area contributed by atoms with Crippen molar-refractivity contribution in [1.29, 1.82) is 0 Å². The van der Waals surface area contributed by atoms with Gasteiger partial charge in [-0.1, -0.05) is 0 Å². The molecule has 2 amide bonds. The first-order valence-electron chi connectivity index (χ1n) is 7.07. The van der Waals surface area contributed by atoms with Crippen LogP contribution in [-0.4, -0.2) is 29.8 Å². The fourth-order valence-electron chi connectivity index (χ4n) is 3.38. The molecular formula is C15H18N2O3. The van der Waals surface area contributed by atoms with E-state index in [0.29, 0.717) is 6.04 Å². The van der Waals surface area contributed by atoms with E-state index in [1.807, 2.05) is 30.0 Å². The van der Waals surface area contributed by atoms with Gasteiger partial charge in [0.25, 0.3) is 0 Å². The molecule has 5 heteroatoms. The van der Waals surface area contributed by atoms with Crippen molar-refractivity contribution in [3.8, 4) is 11.5 Å². The molecule has 3 aliphatic rings. The average Bonchev–Trinajstić information content (AvgIpc) is 3.22. The van der Waals surface area contributed by atoms with Gasteiger partial charge in [-0.25, -0.2) is 4.79 Å². The Kier molecular flexibility index (Phi) is 2.26. The van der Waals surface area contributed by atoms with E-state index in [1.54, 1.807) is 7.11 Å². The fraction of sp³-hybridized carbons (Fsp3) is 0.533. The number of carbonyl (C=O) groups excluding carboxylic acids is 1. The third-order valence-corrected chi connectivity index (χ3v) is 4.44. The molecule has 2 heterocycles. The molecule has 1 aliphatic carbocycles. The Morgan fingerprint density at radius 2 is 2.25 bits per heavy atom. The normalized spacial score (nSPS) is 31.2. The van der Waals surface area contributed by atoms with Crippen molar-refractivity contribution in [1.82, 2.24) is 10.2 Å². The van der Waals surface area contributed by atoms with Gasteiger partial charge in [0.2, 0.25) is 0 Å². The summed E-state index contributed by atoms with van der Waals surface area (Å²) in [6, 6.07) is 6.10. The number of hydrogen-bond acceptors (Lipinski definition) is 3. The summed E-state index contributed by atoms with van der Waals surface area (Å²) in [6.45, 7) is 2.02. The second-order valence-corrected chi connectivity index (χ2v) is 5.99. The number of carbonyl (C=O) groups is 1. The molecular weight excluding hydrogens is 256 g/mol. The van der Waals surface area contributed by atoms with E-state index in [2.05, 4.69) is 5.32 Å². The molecule has 1 saturated heterocycles. The maximum absolute atomic E-state index is 12.4. The Morgan fingerprint density at radius 1 is 1.45 bits per heavy atom. The average molecular weight is 274 g/mol. The van der Waals surface area contributed by atoms with Gasteiger partial charge >= 0.3 is 6.03 Å².